The van der Waals surface area contributed by atoms with Gasteiger partial charge in [0.2, 0.25) is 5.88 Å². The molecule has 0 spiro atoms. The van der Waals surface area contributed by atoms with Gasteiger partial charge in [-0.3, -0.25) is 5.32 Å². The van der Waals surface area contributed by atoms with Gasteiger partial charge in [0.15, 0.2) is 6.19 Å². The summed E-state index contributed by atoms with van der Waals surface area (Å²) in [4.78, 5) is 8.33. The van der Waals surface area contributed by atoms with Gasteiger partial charge < -0.3 is 4.74 Å². The van der Waals surface area contributed by atoms with Crippen molar-refractivity contribution in [3.05, 3.63) is 66.5 Å². The van der Waals surface area contributed by atoms with Crippen molar-refractivity contribution in [3.63, 3.8) is 0 Å². The molecule has 0 radical (unpaired) electrons. The highest BCUT2D eigenvalue weighted by atomic mass is 19.4. The summed E-state index contributed by atoms with van der Waals surface area (Å²) in [7, 11) is 0. The largest absolute Gasteiger partial charge is 0.437 e. The third-order valence-electron chi connectivity index (χ3n) is 3.42. The van der Waals surface area contributed by atoms with Crippen molar-refractivity contribution < 1.29 is 17.9 Å². The first kappa shape index (κ1) is 17.2. The molecule has 0 fully saturated rings. The Labute approximate surface area is 146 Å². The van der Waals surface area contributed by atoms with E-state index in [1.807, 2.05) is 6.19 Å². The number of hydrogen-bond acceptors (Lipinski definition) is 5. The molecule has 8 heteroatoms. The Morgan fingerprint density at radius 2 is 1.58 bits per heavy atom. The summed E-state index contributed by atoms with van der Waals surface area (Å²) >= 11 is 0. The predicted molar refractivity (Wildman–Crippen MR) is 88.2 cm³/mol. The number of benzene rings is 2. The number of alkyl halides is 3. The molecule has 5 nitrogen and oxygen atoms in total. The van der Waals surface area contributed by atoms with Crippen molar-refractivity contribution in [2.75, 3.05) is 5.32 Å². The van der Waals surface area contributed by atoms with Crippen molar-refractivity contribution in [1.82, 2.24) is 9.97 Å². The van der Waals surface area contributed by atoms with E-state index < -0.39 is 11.7 Å². The summed E-state index contributed by atoms with van der Waals surface area (Å²) in [6.45, 7) is 0. The van der Waals surface area contributed by atoms with Gasteiger partial charge >= 0.3 is 6.18 Å². The molecule has 1 heterocycles. The first-order valence-electron chi connectivity index (χ1n) is 7.39. The fourth-order valence-corrected chi connectivity index (χ4v) is 2.20. The summed E-state index contributed by atoms with van der Waals surface area (Å²) < 4.78 is 43.5. The van der Waals surface area contributed by atoms with Crippen LogP contribution >= 0.6 is 0 Å². The molecule has 0 atom stereocenters. The van der Waals surface area contributed by atoms with Crippen molar-refractivity contribution >= 4 is 5.69 Å². The molecule has 0 aliphatic carbocycles. The van der Waals surface area contributed by atoms with Crippen molar-refractivity contribution in [1.29, 1.82) is 5.26 Å². The van der Waals surface area contributed by atoms with E-state index in [0.29, 0.717) is 16.9 Å². The molecule has 0 saturated heterocycles. The summed E-state index contributed by atoms with van der Waals surface area (Å²) in [5.74, 6) is 0.371. The molecule has 0 aliphatic rings. The van der Waals surface area contributed by atoms with E-state index in [-0.39, 0.29) is 11.6 Å². The average molecular weight is 356 g/mol. The van der Waals surface area contributed by atoms with Crippen molar-refractivity contribution in [3.8, 4) is 29.1 Å². The lowest BCUT2D eigenvalue weighted by atomic mass is 10.1. The van der Waals surface area contributed by atoms with Crippen LogP contribution in [0.3, 0.4) is 0 Å². The molecule has 3 rings (SSSR count). The molecular weight excluding hydrogens is 345 g/mol. The van der Waals surface area contributed by atoms with Gasteiger partial charge in [0.05, 0.1) is 5.56 Å². The second kappa shape index (κ2) is 7.11. The molecule has 0 saturated carbocycles. The second-order valence-electron chi connectivity index (χ2n) is 5.15. The van der Waals surface area contributed by atoms with E-state index in [0.717, 1.165) is 12.1 Å². The third-order valence-corrected chi connectivity index (χ3v) is 3.42. The maximum Gasteiger partial charge on any atom is 0.416 e. The summed E-state index contributed by atoms with van der Waals surface area (Å²) in [6.07, 6.45) is 0.320. The van der Waals surface area contributed by atoms with Crippen LogP contribution in [0.2, 0.25) is 0 Å². The molecule has 2 aromatic carbocycles. The van der Waals surface area contributed by atoms with Crippen LogP contribution in [0.25, 0.3) is 11.3 Å². The van der Waals surface area contributed by atoms with E-state index in [1.165, 1.54) is 24.5 Å². The molecule has 130 valence electrons. The third kappa shape index (κ3) is 3.89. The maximum absolute atomic E-state index is 12.6. The molecule has 1 aromatic heterocycles. The maximum atomic E-state index is 12.6. The van der Waals surface area contributed by atoms with Crippen LogP contribution in [-0.2, 0) is 6.18 Å². The molecule has 26 heavy (non-hydrogen) atoms. The van der Waals surface area contributed by atoms with Gasteiger partial charge in [0.1, 0.15) is 11.4 Å². The molecule has 1 N–H and O–H groups in total. The number of nitrogens with zero attached hydrogens (tertiary/aromatic N) is 3. The van der Waals surface area contributed by atoms with Gasteiger partial charge in [-0.15, -0.1) is 0 Å². The standard InChI is InChI=1S/C18H11F3N4O/c19-18(20,21)13-3-7-15(8-4-13)26-17-16(23-9-10-24-17)12-1-5-14(6-2-12)25-11-22/h1-10,25H. The summed E-state index contributed by atoms with van der Waals surface area (Å²) in [5, 5.41) is 11.1. The molecular formula is C18H11F3N4O. The highest BCUT2D eigenvalue weighted by Crippen LogP contribution is 2.33. The Kier molecular flexibility index (Phi) is 4.71. The Balaban J connectivity index is 1.87. The van der Waals surface area contributed by atoms with Gasteiger partial charge in [-0.05, 0) is 36.4 Å². The van der Waals surface area contributed by atoms with Gasteiger partial charge in [-0.2, -0.15) is 18.4 Å². The van der Waals surface area contributed by atoms with Gasteiger partial charge in [0, 0.05) is 23.6 Å². The highest BCUT2D eigenvalue weighted by Gasteiger charge is 2.30. The van der Waals surface area contributed by atoms with Crippen molar-refractivity contribution in [2.45, 2.75) is 6.18 Å². The first-order valence-corrected chi connectivity index (χ1v) is 7.39. The zero-order valence-electron chi connectivity index (χ0n) is 13.2. The number of nitrogens with one attached hydrogen (secondary N) is 1. The molecule has 0 unspecified atom stereocenters. The summed E-state index contributed by atoms with van der Waals surface area (Å²) in [5.41, 5.74) is 0.967. The fourth-order valence-electron chi connectivity index (χ4n) is 2.20. The Morgan fingerprint density at radius 3 is 2.19 bits per heavy atom. The number of halogens is 3. The Morgan fingerprint density at radius 1 is 0.923 bits per heavy atom. The molecule has 0 aliphatic heterocycles. The minimum atomic E-state index is -4.41. The van der Waals surface area contributed by atoms with Crippen LogP contribution in [0, 0.1) is 11.5 Å². The normalized spacial score (nSPS) is 10.8. The molecule has 0 bridgehead atoms. The Hall–Kier alpha value is -3.60. The second-order valence-corrected chi connectivity index (χ2v) is 5.15. The SMILES string of the molecule is N#CNc1ccc(-c2nccnc2Oc2ccc(C(F)(F)F)cc2)cc1. The lowest BCUT2D eigenvalue weighted by molar-refractivity contribution is -0.137. The number of rotatable bonds is 4. The van der Waals surface area contributed by atoms with Gasteiger partial charge in [0.25, 0.3) is 0 Å². The predicted octanol–water partition coefficient (Wildman–Crippen LogP) is 4.85. The molecule has 0 amide bonds. The fraction of sp³-hybridized carbons (Fsp3) is 0.0556. The quantitative estimate of drug-likeness (QED) is 0.535. The summed E-state index contributed by atoms with van der Waals surface area (Å²) in [6, 6.07) is 11.2. The number of ether oxygens (including phenoxy) is 1. The number of aromatic nitrogens is 2. The van der Waals surface area contributed by atoms with Crippen LogP contribution in [0.5, 0.6) is 11.6 Å². The van der Waals surface area contributed by atoms with Gasteiger partial charge in [-0.1, -0.05) is 12.1 Å². The van der Waals surface area contributed by atoms with Crippen molar-refractivity contribution in [2.24, 2.45) is 0 Å². The van der Waals surface area contributed by atoms with Crippen LogP contribution in [0.4, 0.5) is 18.9 Å². The van der Waals surface area contributed by atoms with Crippen LogP contribution in [0.1, 0.15) is 5.56 Å². The zero-order valence-corrected chi connectivity index (χ0v) is 13.2. The van der Waals surface area contributed by atoms with E-state index in [2.05, 4.69) is 15.3 Å². The smallest absolute Gasteiger partial charge is 0.416 e. The van der Waals surface area contributed by atoms with Crippen LogP contribution in [0.15, 0.2) is 60.9 Å². The number of hydrogen-bond donors (Lipinski definition) is 1. The highest BCUT2D eigenvalue weighted by molar-refractivity contribution is 5.67. The lowest BCUT2D eigenvalue weighted by Crippen LogP contribution is -2.04. The van der Waals surface area contributed by atoms with Crippen LogP contribution < -0.4 is 10.1 Å². The number of anilines is 1. The number of nitriles is 1. The lowest BCUT2D eigenvalue weighted by Gasteiger charge is -2.11. The Bertz CT molecular complexity index is 932. The minimum Gasteiger partial charge on any atom is -0.437 e. The monoisotopic (exact) mass is 356 g/mol. The van der Waals surface area contributed by atoms with E-state index >= 15 is 0 Å². The molecule has 3 aromatic rings. The van der Waals surface area contributed by atoms with Gasteiger partial charge in [-0.25, -0.2) is 9.97 Å². The minimum absolute atomic E-state index is 0.160. The first-order chi connectivity index (χ1) is 12.5. The van der Waals surface area contributed by atoms with Crippen LogP contribution in [-0.4, -0.2) is 9.97 Å². The topological polar surface area (TPSA) is 70.8 Å². The average Bonchev–Trinajstić information content (AvgIpc) is 2.63. The zero-order chi connectivity index (χ0) is 18.6. The van der Waals surface area contributed by atoms with E-state index in [9.17, 15) is 13.2 Å². The van der Waals surface area contributed by atoms with E-state index in [4.69, 9.17) is 10.00 Å². The van der Waals surface area contributed by atoms with E-state index in [1.54, 1.807) is 24.3 Å².